The largest absolute Gasteiger partial charge is 0.382 e. The molecule has 1 heterocycles. The van der Waals surface area contributed by atoms with Crippen molar-refractivity contribution in [3.05, 3.63) is 49.6 Å². The number of aliphatic hydroxyl groups is 1. The standard InChI is InChI=1S/C14H16Br2ClN3O/c1-19(2)5-6-20-13(11(16)8-18-20)14(21)10-4-3-9(15)7-12(10)17/h3-4,7-8,14,21H,5-6H2,1-2H3. The molecule has 0 fully saturated rings. The van der Waals surface area contributed by atoms with Crippen LogP contribution in [-0.2, 0) is 6.54 Å². The van der Waals surface area contributed by atoms with Crippen LogP contribution in [0.15, 0.2) is 33.3 Å². The summed E-state index contributed by atoms with van der Waals surface area (Å²) in [6, 6.07) is 5.44. The lowest BCUT2D eigenvalue weighted by atomic mass is 10.1. The molecule has 0 saturated carbocycles. The summed E-state index contributed by atoms with van der Waals surface area (Å²) in [5, 5.41) is 15.5. The SMILES string of the molecule is CN(C)CCn1ncc(Br)c1C(O)c1ccc(Br)cc1Cl. The molecule has 0 saturated heterocycles. The molecule has 2 rings (SSSR count). The van der Waals surface area contributed by atoms with Gasteiger partial charge in [0.05, 0.1) is 22.9 Å². The van der Waals surface area contributed by atoms with E-state index in [-0.39, 0.29) is 0 Å². The molecule has 7 heteroatoms. The highest BCUT2D eigenvalue weighted by Gasteiger charge is 2.21. The van der Waals surface area contributed by atoms with Gasteiger partial charge in [0.15, 0.2) is 0 Å². The van der Waals surface area contributed by atoms with Gasteiger partial charge in [0, 0.05) is 21.6 Å². The molecule has 1 atom stereocenters. The number of hydrogen-bond acceptors (Lipinski definition) is 3. The van der Waals surface area contributed by atoms with Crippen molar-refractivity contribution >= 4 is 43.5 Å². The van der Waals surface area contributed by atoms with E-state index in [4.69, 9.17) is 11.6 Å². The number of rotatable bonds is 5. The van der Waals surface area contributed by atoms with E-state index in [1.165, 1.54) is 0 Å². The van der Waals surface area contributed by atoms with Gasteiger partial charge in [-0.05, 0) is 42.2 Å². The predicted octanol–water partition coefficient (Wildman–Crippen LogP) is 3.70. The maximum atomic E-state index is 10.7. The lowest BCUT2D eigenvalue weighted by Crippen LogP contribution is -2.21. The molecule has 1 N–H and O–H groups in total. The van der Waals surface area contributed by atoms with Crippen molar-refractivity contribution in [3.63, 3.8) is 0 Å². The summed E-state index contributed by atoms with van der Waals surface area (Å²) < 4.78 is 3.45. The highest BCUT2D eigenvalue weighted by atomic mass is 79.9. The van der Waals surface area contributed by atoms with Crippen molar-refractivity contribution in [2.75, 3.05) is 20.6 Å². The summed E-state index contributed by atoms with van der Waals surface area (Å²) >= 11 is 13.0. The maximum Gasteiger partial charge on any atom is 0.123 e. The fraction of sp³-hybridized carbons (Fsp3) is 0.357. The molecule has 0 spiro atoms. The first-order chi connectivity index (χ1) is 9.90. The Morgan fingerprint density at radius 3 is 2.71 bits per heavy atom. The molecule has 0 aliphatic heterocycles. The molecule has 1 unspecified atom stereocenters. The third-order valence-corrected chi connectivity index (χ3v) is 4.54. The quantitative estimate of drug-likeness (QED) is 0.776. The Balaban J connectivity index is 2.34. The van der Waals surface area contributed by atoms with E-state index in [9.17, 15) is 5.11 Å². The van der Waals surface area contributed by atoms with E-state index in [2.05, 4.69) is 41.9 Å². The topological polar surface area (TPSA) is 41.3 Å². The Morgan fingerprint density at radius 2 is 2.10 bits per heavy atom. The summed E-state index contributed by atoms with van der Waals surface area (Å²) in [5.41, 5.74) is 1.37. The minimum Gasteiger partial charge on any atom is -0.382 e. The zero-order valence-electron chi connectivity index (χ0n) is 11.7. The summed E-state index contributed by atoms with van der Waals surface area (Å²) in [5.74, 6) is 0. The van der Waals surface area contributed by atoms with Crippen LogP contribution in [0.25, 0.3) is 0 Å². The van der Waals surface area contributed by atoms with Gasteiger partial charge in [-0.15, -0.1) is 0 Å². The predicted molar refractivity (Wildman–Crippen MR) is 91.7 cm³/mol. The van der Waals surface area contributed by atoms with Gasteiger partial charge in [0.2, 0.25) is 0 Å². The van der Waals surface area contributed by atoms with Crippen molar-refractivity contribution in [1.82, 2.24) is 14.7 Å². The molecule has 0 aliphatic carbocycles. The second-order valence-corrected chi connectivity index (χ2v) is 7.15. The lowest BCUT2D eigenvalue weighted by Gasteiger charge is -2.17. The third-order valence-electron chi connectivity index (χ3n) is 3.11. The fourth-order valence-electron chi connectivity index (χ4n) is 1.99. The van der Waals surface area contributed by atoms with Crippen molar-refractivity contribution in [2.24, 2.45) is 0 Å². The number of halogens is 3. The van der Waals surface area contributed by atoms with Gasteiger partial charge in [-0.3, -0.25) is 4.68 Å². The van der Waals surface area contributed by atoms with Crippen LogP contribution in [0.1, 0.15) is 17.4 Å². The Bertz CT molecular complexity index is 631. The normalized spacial score (nSPS) is 12.9. The van der Waals surface area contributed by atoms with Gasteiger partial charge >= 0.3 is 0 Å². The van der Waals surface area contributed by atoms with Gasteiger partial charge in [-0.2, -0.15) is 5.10 Å². The van der Waals surface area contributed by atoms with E-state index >= 15 is 0 Å². The first-order valence-corrected chi connectivity index (χ1v) is 8.35. The molecule has 1 aromatic heterocycles. The van der Waals surface area contributed by atoms with E-state index in [1.54, 1.807) is 16.9 Å². The molecule has 0 amide bonds. The third kappa shape index (κ3) is 4.07. The number of aliphatic hydroxyl groups excluding tert-OH is 1. The number of likely N-dealkylation sites (N-methyl/N-ethyl adjacent to an activating group) is 1. The smallest absolute Gasteiger partial charge is 0.123 e. The van der Waals surface area contributed by atoms with Crippen LogP contribution in [0.5, 0.6) is 0 Å². The van der Waals surface area contributed by atoms with Gasteiger partial charge < -0.3 is 10.0 Å². The summed E-state index contributed by atoms with van der Waals surface area (Å²) in [6.45, 7) is 1.53. The zero-order chi connectivity index (χ0) is 15.6. The van der Waals surface area contributed by atoms with Crippen LogP contribution in [0, 0.1) is 0 Å². The molecule has 1 aromatic carbocycles. The molecule has 0 aliphatic rings. The van der Waals surface area contributed by atoms with Crippen molar-refractivity contribution in [3.8, 4) is 0 Å². The molecular weight excluding hydrogens is 421 g/mol. The van der Waals surface area contributed by atoms with Crippen LogP contribution in [-0.4, -0.2) is 40.4 Å². The number of hydrogen-bond donors (Lipinski definition) is 1. The van der Waals surface area contributed by atoms with Crippen LogP contribution in [0.2, 0.25) is 5.02 Å². The Hall–Kier alpha value is -0.400. The van der Waals surface area contributed by atoms with Crippen molar-refractivity contribution in [2.45, 2.75) is 12.6 Å². The van der Waals surface area contributed by atoms with Gasteiger partial charge in [-0.1, -0.05) is 33.6 Å². The first kappa shape index (κ1) is 17.0. The van der Waals surface area contributed by atoms with Crippen LogP contribution in [0.3, 0.4) is 0 Å². The highest BCUT2D eigenvalue weighted by molar-refractivity contribution is 9.10. The highest BCUT2D eigenvalue weighted by Crippen LogP contribution is 2.33. The summed E-state index contributed by atoms with van der Waals surface area (Å²) in [6.07, 6.45) is 0.866. The van der Waals surface area contributed by atoms with E-state index in [0.29, 0.717) is 22.8 Å². The van der Waals surface area contributed by atoms with Crippen LogP contribution >= 0.6 is 43.5 Å². The van der Waals surface area contributed by atoms with E-state index in [0.717, 1.165) is 15.5 Å². The maximum absolute atomic E-state index is 10.7. The molecule has 114 valence electrons. The lowest BCUT2D eigenvalue weighted by molar-refractivity contribution is 0.205. The second kappa shape index (κ2) is 7.24. The fourth-order valence-corrected chi connectivity index (χ4v) is 3.28. The van der Waals surface area contributed by atoms with Crippen molar-refractivity contribution < 1.29 is 5.11 Å². The van der Waals surface area contributed by atoms with Gasteiger partial charge in [0.25, 0.3) is 0 Å². The number of nitrogens with zero attached hydrogens (tertiary/aromatic N) is 3. The monoisotopic (exact) mass is 435 g/mol. The van der Waals surface area contributed by atoms with Crippen molar-refractivity contribution in [1.29, 1.82) is 0 Å². The average Bonchev–Trinajstić information content (AvgIpc) is 2.77. The Labute approximate surface area is 146 Å². The Kier molecular flexibility index (Phi) is 5.85. The van der Waals surface area contributed by atoms with E-state index in [1.807, 2.05) is 26.2 Å². The average molecular weight is 438 g/mol. The number of benzene rings is 1. The minimum absolute atomic E-state index is 0.518. The first-order valence-electron chi connectivity index (χ1n) is 6.39. The molecular formula is C14H16Br2ClN3O. The Morgan fingerprint density at radius 1 is 1.38 bits per heavy atom. The molecule has 4 nitrogen and oxygen atoms in total. The summed E-state index contributed by atoms with van der Waals surface area (Å²) in [4.78, 5) is 2.07. The van der Waals surface area contributed by atoms with Crippen LogP contribution in [0.4, 0.5) is 0 Å². The summed E-state index contributed by atoms with van der Waals surface area (Å²) in [7, 11) is 4.00. The molecule has 0 bridgehead atoms. The minimum atomic E-state index is -0.829. The van der Waals surface area contributed by atoms with Gasteiger partial charge in [-0.25, -0.2) is 0 Å². The molecule has 21 heavy (non-hydrogen) atoms. The molecule has 0 radical (unpaired) electrons. The van der Waals surface area contributed by atoms with Crippen LogP contribution < -0.4 is 0 Å². The molecule has 2 aromatic rings. The van der Waals surface area contributed by atoms with E-state index < -0.39 is 6.10 Å². The number of aromatic nitrogens is 2. The van der Waals surface area contributed by atoms with Gasteiger partial charge in [0.1, 0.15) is 6.10 Å². The zero-order valence-corrected chi connectivity index (χ0v) is 15.7. The second-order valence-electron chi connectivity index (χ2n) is 4.97.